The van der Waals surface area contributed by atoms with E-state index in [4.69, 9.17) is 0 Å². The van der Waals surface area contributed by atoms with Gasteiger partial charge in [-0.2, -0.15) is 5.10 Å². The number of hydrogen-bond acceptors (Lipinski definition) is 4. The van der Waals surface area contributed by atoms with Gasteiger partial charge in [0.1, 0.15) is 0 Å². The number of aromatic nitrogens is 3. The molecule has 4 nitrogen and oxygen atoms in total. The maximum atomic E-state index is 4.60. The molecule has 1 aromatic heterocycles. The van der Waals surface area contributed by atoms with Gasteiger partial charge in [-0.3, -0.25) is 0 Å². The number of nitrogens with one attached hydrogen (secondary N) is 1. The third-order valence-corrected chi connectivity index (χ3v) is 4.92. The minimum atomic E-state index is 0.719. The van der Waals surface area contributed by atoms with E-state index in [2.05, 4.69) is 34.3 Å². The molecule has 3 atom stereocenters. The van der Waals surface area contributed by atoms with E-state index in [0.29, 0.717) is 0 Å². The molecule has 19 heavy (non-hydrogen) atoms. The molecule has 2 fully saturated rings. The van der Waals surface area contributed by atoms with Crippen molar-refractivity contribution in [2.75, 3.05) is 11.9 Å². The first-order valence-corrected chi connectivity index (χ1v) is 7.76. The number of aryl methyl sites for hydroxylation is 2. The number of fused-ring (bicyclic) bond motifs is 2. The van der Waals surface area contributed by atoms with Gasteiger partial charge in [-0.25, -0.2) is 4.98 Å². The van der Waals surface area contributed by atoms with Gasteiger partial charge >= 0.3 is 0 Å². The van der Waals surface area contributed by atoms with Crippen LogP contribution in [0.15, 0.2) is 0 Å². The van der Waals surface area contributed by atoms with Crippen molar-refractivity contribution in [3.05, 3.63) is 11.4 Å². The lowest BCUT2D eigenvalue weighted by atomic mass is 9.89. The maximum absolute atomic E-state index is 4.60. The van der Waals surface area contributed by atoms with Crippen molar-refractivity contribution in [2.24, 2.45) is 17.8 Å². The summed E-state index contributed by atoms with van der Waals surface area (Å²) < 4.78 is 0. The summed E-state index contributed by atoms with van der Waals surface area (Å²) in [4.78, 5) is 4.60. The van der Waals surface area contributed by atoms with Crippen LogP contribution in [0.25, 0.3) is 0 Å². The van der Waals surface area contributed by atoms with Crippen molar-refractivity contribution >= 4 is 5.95 Å². The molecule has 3 rings (SSSR count). The largest absolute Gasteiger partial charge is 0.353 e. The summed E-state index contributed by atoms with van der Waals surface area (Å²) in [5.74, 6) is 3.51. The Morgan fingerprint density at radius 1 is 1.05 bits per heavy atom. The molecule has 1 N–H and O–H groups in total. The average molecular weight is 260 g/mol. The van der Waals surface area contributed by atoms with Gasteiger partial charge in [-0.15, -0.1) is 5.10 Å². The van der Waals surface area contributed by atoms with Crippen molar-refractivity contribution in [2.45, 2.75) is 52.4 Å². The second-order valence-electron chi connectivity index (χ2n) is 6.05. The van der Waals surface area contributed by atoms with Gasteiger partial charge in [0.05, 0.1) is 11.4 Å². The smallest absolute Gasteiger partial charge is 0.242 e. The fourth-order valence-electron chi connectivity index (χ4n) is 3.86. The molecule has 0 amide bonds. The van der Waals surface area contributed by atoms with Crippen LogP contribution in [-0.4, -0.2) is 21.7 Å². The molecule has 0 aromatic carbocycles. The zero-order valence-electron chi connectivity index (χ0n) is 12.0. The summed E-state index contributed by atoms with van der Waals surface area (Å²) in [7, 11) is 0. The highest BCUT2D eigenvalue weighted by Gasteiger charge is 2.39. The molecule has 2 aliphatic carbocycles. The Balaban J connectivity index is 1.60. The van der Waals surface area contributed by atoms with E-state index in [1.807, 2.05) is 0 Å². The molecule has 2 aliphatic rings. The molecule has 2 saturated carbocycles. The van der Waals surface area contributed by atoms with Crippen molar-refractivity contribution in [1.29, 1.82) is 0 Å². The fraction of sp³-hybridized carbons (Fsp3) is 0.800. The third-order valence-electron chi connectivity index (χ3n) is 4.92. The van der Waals surface area contributed by atoms with Crippen molar-refractivity contribution in [3.63, 3.8) is 0 Å². The fourth-order valence-corrected chi connectivity index (χ4v) is 3.86. The molecule has 0 aliphatic heterocycles. The maximum Gasteiger partial charge on any atom is 0.242 e. The van der Waals surface area contributed by atoms with E-state index >= 15 is 0 Å². The van der Waals surface area contributed by atoms with E-state index in [-0.39, 0.29) is 0 Å². The lowest BCUT2D eigenvalue weighted by Crippen LogP contribution is -2.21. The zero-order valence-corrected chi connectivity index (χ0v) is 12.0. The molecule has 2 bridgehead atoms. The quantitative estimate of drug-likeness (QED) is 0.884. The van der Waals surface area contributed by atoms with E-state index in [1.165, 1.54) is 25.7 Å². The molecule has 0 spiro atoms. The zero-order chi connectivity index (χ0) is 13.2. The summed E-state index contributed by atoms with van der Waals surface area (Å²) in [6, 6.07) is 0. The second-order valence-corrected chi connectivity index (χ2v) is 6.05. The summed E-state index contributed by atoms with van der Waals surface area (Å²) in [5, 5.41) is 11.9. The molecule has 104 valence electrons. The SMILES string of the molecule is CCc1nnc(NCC2CC3CCC2C3)nc1CC. The topological polar surface area (TPSA) is 50.7 Å². The number of rotatable bonds is 5. The number of anilines is 1. The van der Waals surface area contributed by atoms with Gasteiger partial charge in [0, 0.05) is 6.54 Å². The minimum absolute atomic E-state index is 0.719. The first-order valence-electron chi connectivity index (χ1n) is 7.76. The highest BCUT2D eigenvalue weighted by Crippen LogP contribution is 2.48. The average Bonchev–Trinajstić information content (AvgIpc) is 3.07. The lowest BCUT2D eigenvalue weighted by Gasteiger charge is -2.21. The van der Waals surface area contributed by atoms with Gasteiger partial charge in [-0.05, 0) is 49.9 Å². The Hall–Kier alpha value is -1.19. The Morgan fingerprint density at radius 2 is 1.89 bits per heavy atom. The van der Waals surface area contributed by atoms with E-state index in [1.54, 1.807) is 0 Å². The highest BCUT2D eigenvalue weighted by atomic mass is 15.2. The molecule has 4 heteroatoms. The van der Waals surface area contributed by atoms with Crippen LogP contribution in [0, 0.1) is 17.8 Å². The monoisotopic (exact) mass is 260 g/mol. The van der Waals surface area contributed by atoms with Gasteiger partial charge in [0.15, 0.2) is 0 Å². The van der Waals surface area contributed by atoms with Gasteiger partial charge < -0.3 is 5.32 Å². The van der Waals surface area contributed by atoms with Crippen LogP contribution in [-0.2, 0) is 12.8 Å². The molecular formula is C15H24N4. The molecule has 0 saturated heterocycles. The Kier molecular flexibility index (Phi) is 3.67. The van der Waals surface area contributed by atoms with Gasteiger partial charge in [0.2, 0.25) is 5.95 Å². The van der Waals surface area contributed by atoms with Crippen LogP contribution < -0.4 is 5.32 Å². The highest BCUT2D eigenvalue weighted by molar-refractivity contribution is 5.26. The third kappa shape index (κ3) is 2.58. The Labute approximate surface area is 115 Å². The Bertz CT molecular complexity index is 446. The first-order chi connectivity index (χ1) is 9.30. The van der Waals surface area contributed by atoms with E-state index < -0.39 is 0 Å². The molecule has 1 aromatic rings. The van der Waals surface area contributed by atoms with Crippen LogP contribution >= 0.6 is 0 Å². The summed E-state index contributed by atoms with van der Waals surface area (Å²) in [5.41, 5.74) is 2.13. The standard InChI is InChI=1S/C15H24N4/c1-3-13-14(4-2)18-19-15(17-13)16-9-12-8-10-5-6-11(12)7-10/h10-12H,3-9H2,1-2H3,(H,16,17,19). The van der Waals surface area contributed by atoms with E-state index in [0.717, 1.165) is 54.5 Å². The van der Waals surface area contributed by atoms with Gasteiger partial charge in [-0.1, -0.05) is 20.3 Å². The van der Waals surface area contributed by atoms with Gasteiger partial charge in [0.25, 0.3) is 0 Å². The summed E-state index contributed by atoms with van der Waals surface area (Å²) in [6.07, 6.45) is 7.60. The predicted octanol–water partition coefficient (Wildman–Crippen LogP) is 2.84. The van der Waals surface area contributed by atoms with Crippen LogP contribution in [0.4, 0.5) is 5.95 Å². The minimum Gasteiger partial charge on any atom is -0.353 e. The number of hydrogen-bond donors (Lipinski definition) is 1. The molecule has 3 unspecified atom stereocenters. The first kappa shape index (κ1) is 12.8. The van der Waals surface area contributed by atoms with Crippen LogP contribution in [0.3, 0.4) is 0 Å². The van der Waals surface area contributed by atoms with Crippen molar-refractivity contribution in [1.82, 2.24) is 15.2 Å². The summed E-state index contributed by atoms with van der Waals surface area (Å²) >= 11 is 0. The van der Waals surface area contributed by atoms with Crippen molar-refractivity contribution < 1.29 is 0 Å². The second kappa shape index (κ2) is 5.43. The van der Waals surface area contributed by atoms with Crippen LogP contribution in [0.5, 0.6) is 0 Å². The lowest BCUT2D eigenvalue weighted by molar-refractivity contribution is 0.348. The van der Waals surface area contributed by atoms with Crippen LogP contribution in [0.2, 0.25) is 0 Å². The molecular weight excluding hydrogens is 236 g/mol. The summed E-state index contributed by atoms with van der Waals surface area (Å²) in [6.45, 7) is 5.26. The predicted molar refractivity (Wildman–Crippen MR) is 76.0 cm³/mol. The van der Waals surface area contributed by atoms with E-state index in [9.17, 15) is 0 Å². The normalized spacial score (nSPS) is 28.8. The molecule has 1 heterocycles. The Morgan fingerprint density at radius 3 is 2.53 bits per heavy atom. The molecule has 0 radical (unpaired) electrons. The van der Waals surface area contributed by atoms with Crippen molar-refractivity contribution in [3.8, 4) is 0 Å². The number of nitrogens with zero attached hydrogens (tertiary/aromatic N) is 3. The van der Waals surface area contributed by atoms with Crippen LogP contribution in [0.1, 0.15) is 50.9 Å².